The molecule has 6 heteroatoms. The molecule has 0 unspecified atom stereocenters. The van der Waals surface area contributed by atoms with E-state index >= 15 is 0 Å². The van der Waals surface area contributed by atoms with E-state index in [9.17, 15) is 4.79 Å². The lowest BCUT2D eigenvalue weighted by molar-refractivity contribution is 0.118. The number of rotatable bonds is 5. The van der Waals surface area contributed by atoms with Gasteiger partial charge in [0.25, 0.3) is 0 Å². The molecule has 25 heavy (non-hydrogen) atoms. The third kappa shape index (κ3) is 4.92. The Morgan fingerprint density at radius 1 is 1.12 bits per heavy atom. The first kappa shape index (κ1) is 18.1. The van der Waals surface area contributed by atoms with Gasteiger partial charge in [-0.25, -0.2) is 4.79 Å². The highest BCUT2D eigenvalue weighted by Crippen LogP contribution is 2.22. The fourth-order valence-electron chi connectivity index (χ4n) is 3.90. The summed E-state index contributed by atoms with van der Waals surface area (Å²) in [5.74, 6) is 0. The van der Waals surface area contributed by atoms with Crippen LogP contribution in [-0.2, 0) is 6.54 Å². The van der Waals surface area contributed by atoms with E-state index in [4.69, 9.17) is 0 Å². The predicted molar refractivity (Wildman–Crippen MR) is 99.3 cm³/mol. The van der Waals surface area contributed by atoms with Gasteiger partial charge in [-0.2, -0.15) is 0 Å². The van der Waals surface area contributed by atoms with Crippen molar-refractivity contribution in [2.45, 2.75) is 45.3 Å². The van der Waals surface area contributed by atoms with Gasteiger partial charge >= 0.3 is 6.03 Å². The Morgan fingerprint density at radius 3 is 2.48 bits per heavy atom. The van der Waals surface area contributed by atoms with Crippen LogP contribution in [0, 0.1) is 0 Å². The monoisotopic (exact) mass is 345 g/mol. The molecule has 6 nitrogen and oxygen atoms in total. The Labute approximate surface area is 151 Å². The lowest BCUT2D eigenvalue weighted by atomic mass is 10.2. The molecular formula is C19H31N5O. The number of aromatic nitrogens is 1. The molecule has 3 rings (SSSR count). The zero-order valence-corrected chi connectivity index (χ0v) is 15.5. The number of carbonyl (C=O) groups excluding carboxylic acids is 1. The maximum absolute atomic E-state index is 12.3. The van der Waals surface area contributed by atoms with Crippen molar-refractivity contribution in [3.63, 3.8) is 0 Å². The molecule has 2 aliphatic heterocycles. The van der Waals surface area contributed by atoms with Gasteiger partial charge in [-0.3, -0.25) is 14.8 Å². The number of pyridine rings is 1. The summed E-state index contributed by atoms with van der Waals surface area (Å²) in [4.78, 5) is 23.6. The van der Waals surface area contributed by atoms with Gasteiger partial charge in [0.05, 0.1) is 12.2 Å². The molecule has 3 heterocycles. The van der Waals surface area contributed by atoms with Gasteiger partial charge in [0.2, 0.25) is 0 Å². The number of nitrogens with zero attached hydrogens (tertiary/aromatic N) is 4. The topological polar surface area (TPSA) is 51.7 Å². The van der Waals surface area contributed by atoms with Gasteiger partial charge < -0.3 is 10.2 Å². The molecular weight excluding hydrogens is 314 g/mol. The summed E-state index contributed by atoms with van der Waals surface area (Å²) in [7, 11) is 0. The number of amides is 2. The van der Waals surface area contributed by atoms with Crippen LogP contribution in [0.15, 0.2) is 24.4 Å². The molecule has 138 valence electrons. The summed E-state index contributed by atoms with van der Waals surface area (Å²) < 4.78 is 0. The molecule has 0 saturated carbocycles. The van der Waals surface area contributed by atoms with Crippen molar-refractivity contribution < 1.29 is 4.79 Å². The fraction of sp³-hybridized carbons (Fsp3) is 0.684. The summed E-state index contributed by atoms with van der Waals surface area (Å²) in [6, 6.07) is 7.21. The Kier molecular flexibility index (Phi) is 6.26. The minimum Gasteiger partial charge on any atom is -0.332 e. The van der Waals surface area contributed by atoms with Crippen LogP contribution in [0.2, 0.25) is 0 Å². The summed E-state index contributed by atoms with van der Waals surface area (Å²) in [6.07, 6.45) is 4.40. The van der Waals surface area contributed by atoms with Gasteiger partial charge in [-0.15, -0.1) is 0 Å². The summed E-state index contributed by atoms with van der Waals surface area (Å²) in [5, 5.41) is 2.97. The smallest absolute Gasteiger partial charge is 0.317 e. The van der Waals surface area contributed by atoms with Crippen LogP contribution in [0.25, 0.3) is 0 Å². The molecule has 2 amide bonds. The number of hydrogen-bond acceptors (Lipinski definition) is 4. The lowest BCUT2D eigenvalue weighted by Crippen LogP contribution is -2.53. The molecule has 0 aliphatic carbocycles. The minimum absolute atomic E-state index is 0.0205. The number of urea groups is 1. The van der Waals surface area contributed by atoms with Crippen LogP contribution < -0.4 is 5.32 Å². The van der Waals surface area contributed by atoms with Crippen LogP contribution in [-0.4, -0.2) is 77.1 Å². The van der Waals surface area contributed by atoms with Gasteiger partial charge in [0.15, 0.2) is 0 Å². The highest BCUT2D eigenvalue weighted by molar-refractivity contribution is 5.74. The zero-order valence-electron chi connectivity index (χ0n) is 15.5. The third-order valence-corrected chi connectivity index (χ3v) is 5.62. The van der Waals surface area contributed by atoms with E-state index in [-0.39, 0.29) is 6.03 Å². The zero-order chi connectivity index (χ0) is 17.6. The van der Waals surface area contributed by atoms with Gasteiger partial charge in [-0.1, -0.05) is 6.07 Å². The largest absolute Gasteiger partial charge is 0.332 e. The van der Waals surface area contributed by atoms with Crippen molar-refractivity contribution >= 4 is 6.03 Å². The molecule has 1 aromatic heterocycles. The Bertz CT molecular complexity index is 534. The average molecular weight is 345 g/mol. The van der Waals surface area contributed by atoms with Crippen molar-refractivity contribution in [1.29, 1.82) is 0 Å². The molecule has 0 radical (unpaired) electrons. The van der Waals surface area contributed by atoms with Crippen LogP contribution in [0.1, 0.15) is 32.4 Å². The van der Waals surface area contributed by atoms with E-state index in [0.717, 1.165) is 45.0 Å². The number of nitrogens with one attached hydrogen (secondary N) is 1. The van der Waals surface area contributed by atoms with Crippen molar-refractivity contribution in [3.8, 4) is 0 Å². The van der Waals surface area contributed by atoms with Crippen LogP contribution in [0.5, 0.6) is 0 Å². The number of likely N-dealkylation sites (tertiary alicyclic amines) is 1. The molecule has 2 atom stereocenters. The quantitative estimate of drug-likeness (QED) is 0.884. The molecule has 1 N–H and O–H groups in total. The molecule has 0 bridgehead atoms. The minimum atomic E-state index is 0.0205. The van der Waals surface area contributed by atoms with Crippen LogP contribution in [0.3, 0.4) is 0 Å². The van der Waals surface area contributed by atoms with Gasteiger partial charge in [0, 0.05) is 57.5 Å². The second kappa shape index (κ2) is 8.63. The van der Waals surface area contributed by atoms with E-state index in [2.05, 4.69) is 33.9 Å². The van der Waals surface area contributed by atoms with E-state index in [1.807, 2.05) is 23.1 Å². The van der Waals surface area contributed by atoms with Crippen LogP contribution in [0.4, 0.5) is 4.79 Å². The molecule has 0 aromatic carbocycles. The van der Waals surface area contributed by atoms with Crippen molar-refractivity contribution in [1.82, 2.24) is 25.0 Å². The Balaban J connectivity index is 1.36. The number of hydrogen-bond donors (Lipinski definition) is 1. The highest BCUT2D eigenvalue weighted by Gasteiger charge is 2.28. The second-order valence-corrected chi connectivity index (χ2v) is 7.32. The summed E-state index contributed by atoms with van der Waals surface area (Å²) in [5.41, 5.74) is 0.892. The second-order valence-electron chi connectivity index (χ2n) is 7.32. The number of piperazine rings is 1. The molecule has 0 spiro atoms. The average Bonchev–Trinajstić information content (AvgIpc) is 2.97. The summed E-state index contributed by atoms with van der Waals surface area (Å²) in [6.45, 7) is 11.0. The van der Waals surface area contributed by atoms with Crippen molar-refractivity contribution in [3.05, 3.63) is 30.1 Å². The molecule has 2 fully saturated rings. The van der Waals surface area contributed by atoms with Crippen LogP contribution >= 0.6 is 0 Å². The number of carbonyl (C=O) groups is 1. The fourth-order valence-corrected chi connectivity index (χ4v) is 3.90. The van der Waals surface area contributed by atoms with Crippen molar-refractivity contribution in [2.75, 3.05) is 39.3 Å². The first-order valence-electron chi connectivity index (χ1n) is 9.54. The maximum Gasteiger partial charge on any atom is 0.317 e. The first-order valence-corrected chi connectivity index (χ1v) is 9.54. The maximum atomic E-state index is 12.3. The summed E-state index contributed by atoms with van der Waals surface area (Å²) >= 11 is 0. The van der Waals surface area contributed by atoms with E-state index in [1.165, 1.54) is 12.8 Å². The van der Waals surface area contributed by atoms with Gasteiger partial charge in [-0.05, 0) is 38.8 Å². The normalized spacial score (nSPS) is 25.3. The molecule has 2 aliphatic rings. The van der Waals surface area contributed by atoms with Crippen molar-refractivity contribution in [2.24, 2.45) is 0 Å². The third-order valence-electron chi connectivity index (χ3n) is 5.62. The van der Waals surface area contributed by atoms with E-state index in [0.29, 0.717) is 18.6 Å². The van der Waals surface area contributed by atoms with E-state index in [1.54, 1.807) is 6.20 Å². The molecule has 2 saturated heterocycles. The Hall–Kier alpha value is -1.66. The lowest BCUT2D eigenvalue weighted by Gasteiger charge is -2.36. The highest BCUT2D eigenvalue weighted by atomic mass is 16.2. The predicted octanol–water partition coefficient (Wildman–Crippen LogP) is 1.78. The standard InChI is InChI=1S/C19H31N5O/c1-16-6-7-17(2)24(16)14-11-22-9-12-23(13-10-22)19(25)21-15-18-5-3-4-8-20-18/h3-5,8,16-17H,6-7,9-15H2,1-2H3,(H,21,25)/t16-,17-/m1/s1. The van der Waals surface area contributed by atoms with E-state index < -0.39 is 0 Å². The Morgan fingerprint density at radius 2 is 1.84 bits per heavy atom. The SMILES string of the molecule is C[C@@H]1CC[C@@H](C)N1CCN1CCN(C(=O)NCc2ccccn2)CC1. The first-order chi connectivity index (χ1) is 12.1. The molecule has 1 aromatic rings. The van der Waals surface area contributed by atoms with Gasteiger partial charge in [0.1, 0.15) is 0 Å².